The highest BCUT2D eigenvalue weighted by molar-refractivity contribution is 7.16. The van der Waals surface area contributed by atoms with E-state index in [1.54, 1.807) is 22.0 Å². The highest BCUT2D eigenvalue weighted by Gasteiger charge is 2.48. The molecule has 3 heterocycles. The van der Waals surface area contributed by atoms with Crippen molar-refractivity contribution in [2.75, 3.05) is 0 Å². The topological polar surface area (TPSA) is 88.3 Å². The lowest BCUT2D eigenvalue weighted by molar-refractivity contribution is -0.141. The van der Waals surface area contributed by atoms with E-state index in [2.05, 4.69) is 10.1 Å². The van der Waals surface area contributed by atoms with Gasteiger partial charge < -0.3 is 10.0 Å². The maximum Gasteiger partial charge on any atom is 0.326 e. The summed E-state index contributed by atoms with van der Waals surface area (Å²) in [5, 5.41) is 14.4. The number of carbonyl (C=O) groups is 2. The largest absolute Gasteiger partial charge is 0.480 e. The second-order valence-electron chi connectivity index (χ2n) is 6.85. The van der Waals surface area contributed by atoms with E-state index >= 15 is 0 Å². The third-order valence-corrected chi connectivity index (χ3v) is 6.31. The minimum absolute atomic E-state index is 0.0475. The molecule has 0 spiro atoms. The Bertz CT molecular complexity index is 814. The van der Waals surface area contributed by atoms with Crippen molar-refractivity contribution in [2.24, 2.45) is 13.0 Å². The number of fused-ring (bicyclic) bond motifs is 1. The van der Waals surface area contributed by atoms with Crippen molar-refractivity contribution in [1.82, 2.24) is 19.7 Å². The summed E-state index contributed by atoms with van der Waals surface area (Å²) in [4.78, 5) is 31.2. The SMILES string of the molecule is Cn1cc(-c2ncc(C(=O)N3[C@@H]4CCCC[C@H]4C[C@H]3C(=O)O)s2)cn1. The second-order valence-corrected chi connectivity index (χ2v) is 7.88. The lowest BCUT2D eigenvalue weighted by Crippen LogP contribution is -2.46. The fraction of sp³-hybridized carbons (Fsp3) is 0.529. The fourth-order valence-electron chi connectivity index (χ4n) is 4.14. The van der Waals surface area contributed by atoms with Crippen molar-refractivity contribution in [1.29, 1.82) is 0 Å². The van der Waals surface area contributed by atoms with Gasteiger partial charge in [-0.3, -0.25) is 9.48 Å². The Morgan fingerprint density at radius 2 is 2.08 bits per heavy atom. The average Bonchev–Trinajstić information content (AvgIpc) is 3.31. The first-order chi connectivity index (χ1) is 12.0. The molecule has 8 heteroatoms. The van der Waals surface area contributed by atoms with Crippen LogP contribution in [0.3, 0.4) is 0 Å². The van der Waals surface area contributed by atoms with Crippen LogP contribution >= 0.6 is 11.3 Å². The molecule has 132 valence electrons. The molecule has 25 heavy (non-hydrogen) atoms. The van der Waals surface area contributed by atoms with E-state index in [0.717, 1.165) is 36.3 Å². The van der Waals surface area contributed by atoms with Gasteiger partial charge in [0.25, 0.3) is 5.91 Å². The van der Waals surface area contributed by atoms with Crippen LogP contribution in [0.1, 0.15) is 41.8 Å². The number of likely N-dealkylation sites (tertiary alicyclic amines) is 1. The van der Waals surface area contributed by atoms with E-state index in [4.69, 9.17) is 0 Å². The van der Waals surface area contributed by atoms with Crippen molar-refractivity contribution in [2.45, 2.75) is 44.2 Å². The summed E-state index contributed by atoms with van der Waals surface area (Å²) in [6, 6.07) is -0.671. The molecule has 7 nitrogen and oxygen atoms in total. The number of aliphatic carboxylic acids is 1. The molecule has 0 unspecified atom stereocenters. The summed E-state index contributed by atoms with van der Waals surface area (Å²) < 4.78 is 1.69. The Balaban J connectivity index is 1.62. The number of hydrogen-bond donors (Lipinski definition) is 1. The average molecular weight is 360 g/mol. The quantitative estimate of drug-likeness (QED) is 0.908. The first-order valence-electron chi connectivity index (χ1n) is 8.55. The minimum Gasteiger partial charge on any atom is -0.480 e. The second kappa shape index (κ2) is 6.25. The molecule has 1 aliphatic carbocycles. The summed E-state index contributed by atoms with van der Waals surface area (Å²) >= 11 is 1.30. The van der Waals surface area contributed by atoms with Gasteiger partial charge in [-0.15, -0.1) is 11.3 Å². The molecule has 2 aromatic heterocycles. The third kappa shape index (κ3) is 2.84. The minimum atomic E-state index is -0.903. The van der Waals surface area contributed by atoms with Crippen molar-refractivity contribution in [3.05, 3.63) is 23.5 Å². The van der Waals surface area contributed by atoms with E-state index in [9.17, 15) is 14.7 Å². The van der Waals surface area contributed by atoms with Gasteiger partial charge in [0.1, 0.15) is 15.9 Å². The summed E-state index contributed by atoms with van der Waals surface area (Å²) in [6.45, 7) is 0. The lowest BCUT2D eigenvalue weighted by atomic mass is 9.85. The zero-order chi connectivity index (χ0) is 17.6. The number of hydrogen-bond acceptors (Lipinski definition) is 5. The predicted molar refractivity (Wildman–Crippen MR) is 92.3 cm³/mol. The molecule has 2 aromatic rings. The maximum atomic E-state index is 13.1. The standard InChI is InChI=1S/C17H20N4O3S/c1-20-9-11(7-19-20)15-18-8-14(25-15)16(22)21-12-5-3-2-4-10(12)6-13(21)17(23)24/h7-10,12-13H,2-6H2,1H3,(H,23,24)/t10-,12+,13-/m0/s1. The number of aryl methyl sites for hydroxylation is 1. The van der Waals surface area contributed by atoms with E-state index in [1.807, 2.05) is 13.2 Å². The third-order valence-electron chi connectivity index (χ3n) is 5.28. The van der Waals surface area contributed by atoms with Crippen LogP contribution in [0.15, 0.2) is 18.6 Å². The Morgan fingerprint density at radius 3 is 2.80 bits per heavy atom. The summed E-state index contributed by atoms with van der Waals surface area (Å²) in [7, 11) is 1.83. The molecule has 0 aromatic carbocycles. The van der Waals surface area contributed by atoms with Crippen LogP contribution in [-0.2, 0) is 11.8 Å². The number of thiazole rings is 1. The number of carboxylic acids is 1. The van der Waals surface area contributed by atoms with Gasteiger partial charge in [-0.05, 0) is 25.2 Å². The van der Waals surface area contributed by atoms with Crippen LogP contribution in [-0.4, -0.2) is 48.7 Å². The normalized spacial score (nSPS) is 25.8. The van der Waals surface area contributed by atoms with Gasteiger partial charge in [0.15, 0.2) is 0 Å². The van der Waals surface area contributed by atoms with E-state index in [1.165, 1.54) is 11.3 Å². The highest BCUT2D eigenvalue weighted by Crippen LogP contribution is 2.41. The van der Waals surface area contributed by atoms with E-state index in [0.29, 0.717) is 17.2 Å². The summed E-state index contributed by atoms with van der Waals surface area (Å²) in [5.41, 5.74) is 0.860. The van der Waals surface area contributed by atoms with Crippen LogP contribution < -0.4 is 0 Å². The Labute approximate surface area is 149 Å². The van der Waals surface area contributed by atoms with Crippen LogP contribution in [0.2, 0.25) is 0 Å². The number of carbonyl (C=O) groups excluding carboxylic acids is 1. The molecule has 1 amide bonds. The van der Waals surface area contributed by atoms with Crippen molar-refractivity contribution in [3.63, 3.8) is 0 Å². The molecule has 2 aliphatic rings. The van der Waals surface area contributed by atoms with Crippen molar-refractivity contribution >= 4 is 23.2 Å². The van der Waals surface area contributed by atoms with Gasteiger partial charge in [0.2, 0.25) is 0 Å². The molecule has 2 fully saturated rings. The van der Waals surface area contributed by atoms with Crippen LogP contribution in [0, 0.1) is 5.92 Å². The molecule has 1 saturated carbocycles. The van der Waals surface area contributed by atoms with Gasteiger partial charge in [0.05, 0.1) is 12.4 Å². The van der Waals surface area contributed by atoms with Gasteiger partial charge in [-0.1, -0.05) is 12.8 Å². The Morgan fingerprint density at radius 1 is 1.28 bits per heavy atom. The molecule has 1 aliphatic heterocycles. The van der Waals surface area contributed by atoms with Crippen LogP contribution in [0.4, 0.5) is 0 Å². The fourth-order valence-corrected chi connectivity index (χ4v) is 4.97. The zero-order valence-corrected chi connectivity index (χ0v) is 14.8. The first-order valence-corrected chi connectivity index (χ1v) is 9.36. The lowest BCUT2D eigenvalue weighted by Gasteiger charge is -2.32. The van der Waals surface area contributed by atoms with E-state index in [-0.39, 0.29) is 11.9 Å². The number of rotatable bonds is 3. The van der Waals surface area contributed by atoms with Gasteiger partial charge in [-0.2, -0.15) is 5.10 Å². The summed E-state index contributed by atoms with van der Waals surface area (Å²) in [6.07, 6.45) is 9.78. The van der Waals surface area contributed by atoms with Gasteiger partial charge >= 0.3 is 5.97 Å². The predicted octanol–water partition coefficient (Wildman–Crippen LogP) is 2.40. The van der Waals surface area contributed by atoms with Crippen LogP contribution in [0.5, 0.6) is 0 Å². The molecule has 0 bridgehead atoms. The zero-order valence-electron chi connectivity index (χ0n) is 14.0. The number of aromatic nitrogens is 3. The van der Waals surface area contributed by atoms with Crippen molar-refractivity contribution in [3.8, 4) is 10.6 Å². The molecular formula is C17H20N4O3S. The number of carboxylic acid groups (broad SMARTS) is 1. The Hall–Kier alpha value is -2.22. The number of nitrogens with zero attached hydrogens (tertiary/aromatic N) is 4. The smallest absolute Gasteiger partial charge is 0.326 e. The molecular weight excluding hydrogens is 340 g/mol. The van der Waals surface area contributed by atoms with Gasteiger partial charge in [0, 0.05) is 24.8 Å². The monoisotopic (exact) mass is 360 g/mol. The molecule has 0 radical (unpaired) electrons. The highest BCUT2D eigenvalue weighted by atomic mass is 32.1. The molecule has 3 atom stereocenters. The van der Waals surface area contributed by atoms with Crippen molar-refractivity contribution < 1.29 is 14.7 Å². The molecule has 1 N–H and O–H groups in total. The van der Waals surface area contributed by atoms with Crippen LogP contribution in [0.25, 0.3) is 10.6 Å². The van der Waals surface area contributed by atoms with E-state index < -0.39 is 12.0 Å². The van der Waals surface area contributed by atoms with Gasteiger partial charge in [-0.25, -0.2) is 9.78 Å². The maximum absolute atomic E-state index is 13.1. The Kier molecular flexibility index (Phi) is 4.07. The number of amides is 1. The first kappa shape index (κ1) is 16.3. The molecule has 4 rings (SSSR count). The summed E-state index contributed by atoms with van der Waals surface area (Å²) in [5.74, 6) is -0.793. The molecule has 1 saturated heterocycles.